The molecule has 0 aromatic heterocycles. The van der Waals surface area contributed by atoms with Gasteiger partial charge >= 0.3 is 7.12 Å². The van der Waals surface area contributed by atoms with E-state index in [1.54, 1.807) is 60.7 Å². The van der Waals surface area contributed by atoms with Crippen LogP contribution in [0.1, 0.15) is 33.9 Å². The van der Waals surface area contributed by atoms with Crippen molar-refractivity contribution in [3.8, 4) is 0 Å². The molecule has 3 aromatic carbocycles. The summed E-state index contributed by atoms with van der Waals surface area (Å²) in [4.78, 5) is 24.4. The molecule has 4 N–H and O–H groups in total. The van der Waals surface area contributed by atoms with E-state index in [9.17, 15) is 14.0 Å². The molecule has 3 aromatic rings. The van der Waals surface area contributed by atoms with Crippen LogP contribution in [-0.4, -0.2) is 35.4 Å². The van der Waals surface area contributed by atoms with Crippen LogP contribution in [0.4, 0.5) is 4.39 Å². The largest absolute Gasteiger partial charge is 0.472 e. The van der Waals surface area contributed by atoms with E-state index in [4.69, 9.17) is 21.6 Å². The second-order valence-electron chi connectivity index (χ2n) is 7.23. The Bertz CT molecular complexity index is 1040. The van der Waals surface area contributed by atoms with Crippen LogP contribution >= 0.6 is 11.6 Å². The Kier molecular flexibility index (Phi) is 10.6. The van der Waals surface area contributed by atoms with Crippen molar-refractivity contribution in [1.29, 1.82) is 0 Å². The number of amides is 2. The molecule has 0 spiro atoms. The van der Waals surface area contributed by atoms with Crippen molar-refractivity contribution in [2.75, 3.05) is 6.44 Å². The molecule has 9 heteroatoms. The van der Waals surface area contributed by atoms with Gasteiger partial charge in [-0.2, -0.15) is 0 Å². The first-order valence-corrected chi connectivity index (χ1v) is 10.6. The topological polar surface area (TPSA) is 98.7 Å². The van der Waals surface area contributed by atoms with Gasteiger partial charge in [-0.15, -0.1) is 0 Å². The van der Waals surface area contributed by atoms with Gasteiger partial charge in [0.15, 0.2) is 0 Å². The van der Waals surface area contributed by atoms with E-state index in [0.29, 0.717) is 16.1 Å². The Labute approximate surface area is 197 Å². The van der Waals surface area contributed by atoms with E-state index < -0.39 is 19.1 Å². The molecule has 0 heterocycles. The fraction of sp³-hybridized carbons (Fsp3) is 0.167. The van der Waals surface area contributed by atoms with Crippen LogP contribution in [0, 0.1) is 12.7 Å². The lowest BCUT2D eigenvalue weighted by Crippen LogP contribution is -2.38. The average Bonchev–Trinajstić information content (AvgIpc) is 2.78. The van der Waals surface area contributed by atoms with E-state index in [1.807, 2.05) is 13.0 Å². The lowest BCUT2D eigenvalue weighted by atomic mass is 9.92. The fourth-order valence-corrected chi connectivity index (χ4v) is 3.07. The Morgan fingerprint density at radius 2 is 1.70 bits per heavy atom. The number of halogens is 2. The van der Waals surface area contributed by atoms with Gasteiger partial charge < -0.3 is 20.7 Å². The van der Waals surface area contributed by atoms with E-state index in [0.717, 1.165) is 5.56 Å². The molecular weight excluding hydrogens is 446 g/mol. The summed E-state index contributed by atoms with van der Waals surface area (Å²) < 4.78 is 12.2. The van der Waals surface area contributed by atoms with Gasteiger partial charge in [0.2, 0.25) is 5.91 Å². The van der Waals surface area contributed by atoms with Gasteiger partial charge in [-0.3, -0.25) is 9.59 Å². The molecule has 0 fully saturated rings. The third-order valence-electron chi connectivity index (χ3n) is 4.44. The van der Waals surface area contributed by atoms with E-state index in [-0.39, 0.29) is 24.6 Å². The van der Waals surface area contributed by atoms with Gasteiger partial charge in [0.1, 0.15) is 5.82 Å². The highest BCUT2D eigenvalue weighted by molar-refractivity contribution is 6.41. The maximum atomic E-state index is 12.4. The summed E-state index contributed by atoms with van der Waals surface area (Å²) in [6, 6.07) is 21.4. The number of carbonyl (C=O) groups excluding carboxylic acids is 2. The number of nitrogens with one attached hydrogen (secondary N) is 2. The molecule has 3 rings (SSSR count). The molecule has 0 aliphatic heterocycles. The van der Waals surface area contributed by atoms with Crippen LogP contribution < -0.4 is 10.6 Å². The summed E-state index contributed by atoms with van der Waals surface area (Å²) in [5.74, 6) is -0.906. The van der Waals surface area contributed by atoms with Crippen LogP contribution in [0.5, 0.6) is 0 Å². The minimum Gasteiger partial charge on any atom is -0.426 e. The molecule has 6 nitrogen and oxygen atoms in total. The van der Waals surface area contributed by atoms with Crippen LogP contribution in [0.15, 0.2) is 78.9 Å². The molecule has 0 aliphatic rings. The summed E-state index contributed by atoms with van der Waals surface area (Å²) >= 11 is 6.00. The fourth-order valence-electron chi connectivity index (χ4n) is 2.87. The van der Waals surface area contributed by atoms with Crippen molar-refractivity contribution < 1.29 is 24.0 Å². The number of hydrogen-bond donors (Lipinski definition) is 4. The molecule has 0 radical (unpaired) electrons. The van der Waals surface area contributed by atoms with Gasteiger partial charge in [-0.05, 0) is 54.4 Å². The predicted molar refractivity (Wildman–Crippen MR) is 127 cm³/mol. The van der Waals surface area contributed by atoms with E-state index in [2.05, 4.69) is 10.6 Å². The summed E-state index contributed by atoms with van der Waals surface area (Å²) in [5.41, 5.74) is 2.11. The van der Waals surface area contributed by atoms with Crippen molar-refractivity contribution >= 4 is 30.5 Å². The maximum Gasteiger partial charge on any atom is 0.472 e. The Morgan fingerprint density at radius 1 is 1.00 bits per heavy atom. The summed E-state index contributed by atoms with van der Waals surface area (Å²) in [7, 11) is -1.63. The van der Waals surface area contributed by atoms with Crippen LogP contribution in [0.2, 0.25) is 5.02 Å². The molecule has 1 atom stereocenters. The molecule has 33 heavy (non-hydrogen) atoms. The second-order valence-corrected chi connectivity index (χ2v) is 7.67. The Balaban J connectivity index is 0.000000405. The predicted octanol–water partition coefficient (Wildman–Crippen LogP) is 3.46. The van der Waals surface area contributed by atoms with Crippen molar-refractivity contribution in [2.45, 2.75) is 19.4 Å². The van der Waals surface area contributed by atoms with Crippen LogP contribution in [0.3, 0.4) is 0 Å². The lowest BCUT2D eigenvalue weighted by molar-refractivity contribution is -0.121. The number of rotatable bonds is 7. The van der Waals surface area contributed by atoms with Crippen LogP contribution in [-0.2, 0) is 4.79 Å². The molecule has 172 valence electrons. The van der Waals surface area contributed by atoms with Gasteiger partial charge in [0.25, 0.3) is 5.91 Å². The zero-order chi connectivity index (χ0) is 24.2. The van der Waals surface area contributed by atoms with Gasteiger partial charge in [-0.25, -0.2) is 4.39 Å². The zero-order valence-electron chi connectivity index (χ0n) is 18.0. The highest BCUT2D eigenvalue weighted by Gasteiger charge is 2.20. The van der Waals surface area contributed by atoms with Crippen molar-refractivity contribution in [3.63, 3.8) is 0 Å². The van der Waals surface area contributed by atoms with E-state index in [1.165, 1.54) is 12.1 Å². The van der Waals surface area contributed by atoms with Crippen molar-refractivity contribution in [1.82, 2.24) is 10.6 Å². The molecule has 2 amide bonds. The average molecular weight is 471 g/mol. The summed E-state index contributed by atoms with van der Waals surface area (Å²) in [6.45, 7) is 1.86. The quantitative estimate of drug-likeness (QED) is 0.397. The first kappa shape index (κ1) is 26.1. The zero-order valence-corrected chi connectivity index (χ0v) is 18.8. The first-order chi connectivity index (χ1) is 15.7. The number of carbonyl (C=O) groups is 2. The SMILES string of the molecule is Cc1cccc(F)c1.O=C(CC(NC(=O)c1ccccc1)c1cccc(Cl)c1)NCB(O)O. The molecular formula is C24H25BClFN2O4. The monoisotopic (exact) mass is 470 g/mol. The van der Waals surface area contributed by atoms with E-state index >= 15 is 0 Å². The molecule has 0 bridgehead atoms. The second kappa shape index (κ2) is 13.4. The lowest BCUT2D eigenvalue weighted by Gasteiger charge is -2.19. The molecule has 0 saturated heterocycles. The number of hydrogen-bond acceptors (Lipinski definition) is 4. The molecule has 0 saturated carbocycles. The first-order valence-electron chi connectivity index (χ1n) is 10.2. The third kappa shape index (κ3) is 9.86. The van der Waals surface area contributed by atoms with Gasteiger partial charge in [0.05, 0.1) is 18.9 Å². The smallest absolute Gasteiger partial charge is 0.426 e. The highest BCUT2D eigenvalue weighted by Crippen LogP contribution is 2.21. The number of aryl methyl sites for hydroxylation is 1. The maximum absolute atomic E-state index is 12.4. The summed E-state index contributed by atoms with van der Waals surface area (Å²) in [5, 5.41) is 23.4. The Hall–Kier alpha value is -3.20. The van der Waals surface area contributed by atoms with Gasteiger partial charge in [0, 0.05) is 10.6 Å². The van der Waals surface area contributed by atoms with Crippen LogP contribution in [0.25, 0.3) is 0 Å². The molecule has 1 unspecified atom stereocenters. The minimum absolute atomic E-state index is 0.0639. The minimum atomic E-state index is -1.63. The molecule has 0 aliphatic carbocycles. The third-order valence-corrected chi connectivity index (χ3v) is 4.68. The normalized spacial score (nSPS) is 10.9. The van der Waals surface area contributed by atoms with Crippen molar-refractivity contribution in [2.24, 2.45) is 0 Å². The van der Waals surface area contributed by atoms with Gasteiger partial charge in [-0.1, -0.05) is 54.1 Å². The Morgan fingerprint density at radius 3 is 2.27 bits per heavy atom. The summed E-state index contributed by atoms with van der Waals surface area (Å²) in [6.07, 6.45) is -0.348. The standard InChI is InChI=1S/C17H18BClN2O4.C7H7F/c19-14-8-4-7-13(9-14)15(10-16(22)20-11-18(24)25)21-17(23)12-5-2-1-3-6-12;1-6-3-2-4-7(8)5-6/h1-9,15,24-25H,10-11H2,(H,20,22)(H,21,23);2-5H,1H3. The van der Waals surface area contributed by atoms with Crippen molar-refractivity contribution in [3.05, 3.63) is 106 Å². The highest BCUT2D eigenvalue weighted by atomic mass is 35.5. The number of benzene rings is 3.